The summed E-state index contributed by atoms with van der Waals surface area (Å²) in [4.78, 5) is 2.60. The van der Waals surface area contributed by atoms with Crippen LogP contribution in [-0.2, 0) is 6.42 Å². The molecule has 0 spiro atoms. The monoisotopic (exact) mass is 249 g/mol. The molecular weight excluding hydrogens is 225 g/mol. The number of hydrogen-bond acceptors (Lipinski definition) is 1. The zero-order valence-corrected chi connectivity index (χ0v) is 11.5. The van der Waals surface area contributed by atoms with Crippen molar-refractivity contribution >= 4 is 0 Å². The maximum absolute atomic E-state index is 13.2. The minimum Gasteiger partial charge on any atom is -0.300 e. The number of hydrogen-bond donors (Lipinski definition) is 0. The van der Waals surface area contributed by atoms with Gasteiger partial charge in [-0.25, -0.2) is 4.39 Å². The van der Waals surface area contributed by atoms with Crippen LogP contribution in [0.2, 0.25) is 0 Å². The third-order valence-electron chi connectivity index (χ3n) is 3.96. The molecule has 1 unspecified atom stereocenters. The highest BCUT2D eigenvalue weighted by molar-refractivity contribution is 5.17. The Morgan fingerprint density at radius 2 is 1.89 bits per heavy atom. The number of benzene rings is 1. The molecule has 0 radical (unpaired) electrons. The Kier molecular flexibility index (Phi) is 4.76. The fraction of sp³-hybridized carbons (Fsp3) is 0.625. The first kappa shape index (κ1) is 13.5. The van der Waals surface area contributed by atoms with Gasteiger partial charge in [0, 0.05) is 6.04 Å². The number of halogens is 1. The lowest BCUT2D eigenvalue weighted by atomic mass is 9.93. The van der Waals surface area contributed by atoms with Crippen LogP contribution in [0.15, 0.2) is 24.3 Å². The van der Waals surface area contributed by atoms with E-state index < -0.39 is 0 Å². The molecule has 1 heterocycles. The van der Waals surface area contributed by atoms with E-state index in [1.54, 1.807) is 6.07 Å². The van der Waals surface area contributed by atoms with Gasteiger partial charge in [-0.3, -0.25) is 4.90 Å². The molecule has 18 heavy (non-hydrogen) atoms. The van der Waals surface area contributed by atoms with Gasteiger partial charge in [-0.2, -0.15) is 0 Å². The lowest BCUT2D eigenvalue weighted by molar-refractivity contribution is 0.127. The molecule has 1 aromatic rings. The van der Waals surface area contributed by atoms with E-state index in [0.717, 1.165) is 12.0 Å². The summed E-state index contributed by atoms with van der Waals surface area (Å²) in [5, 5.41) is 0. The van der Waals surface area contributed by atoms with E-state index in [4.69, 9.17) is 0 Å². The summed E-state index contributed by atoms with van der Waals surface area (Å²) in [7, 11) is 0. The van der Waals surface area contributed by atoms with Crippen molar-refractivity contribution in [2.75, 3.05) is 13.1 Å². The fourth-order valence-electron chi connectivity index (χ4n) is 2.94. The zero-order chi connectivity index (χ0) is 13.0. The fourth-order valence-corrected chi connectivity index (χ4v) is 2.94. The third kappa shape index (κ3) is 3.55. The first-order valence-electron chi connectivity index (χ1n) is 7.15. The van der Waals surface area contributed by atoms with Crippen LogP contribution < -0.4 is 0 Å². The second kappa shape index (κ2) is 6.33. The van der Waals surface area contributed by atoms with Crippen molar-refractivity contribution < 1.29 is 4.39 Å². The second-order valence-corrected chi connectivity index (χ2v) is 5.74. The van der Waals surface area contributed by atoms with Crippen molar-refractivity contribution in [3.63, 3.8) is 0 Å². The summed E-state index contributed by atoms with van der Waals surface area (Å²) in [5.74, 6) is 0.500. The average Bonchev–Trinajstić information content (AvgIpc) is 2.37. The van der Waals surface area contributed by atoms with Gasteiger partial charge in [-0.05, 0) is 56.0 Å². The van der Waals surface area contributed by atoms with Gasteiger partial charge in [-0.15, -0.1) is 0 Å². The Morgan fingerprint density at radius 1 is 1.17 bits per heavy atom. The number of likely N-dealkylation sites (tertiary alicyclic amines) is 1. The Morgan fingerprint density at radius 3 is 2.50 bits per heavy atom. The molecule has 1 aliphatic heterocycles. The number of rotatable bonds is 4. The van der Waals surface area contributed by atoms with E-state index in [0.29, 0.717) is 12.0 Å². The van der Waals surface area contributed by atoms with Crippen molar-refractivity contribution in [3.8, 4) is 0 Å². The van der Waals surface area contributed by atoms with Crippen LogP contribution in [0.25, 0.3) is 0 Å². The van der Waals surface area contributed by atoms with Crippen LogP contribution in [0.5, 0.6) is 0 Å². The summed E-state index contributed by atoms with van der Waals surface area (Å²) in [5.41, 5.74) is 1.12. The van der Waals surface area contributed by atoms with Gasteiger partial charge in [0.15, 0.2) is 0 Å². The van der Waals surface area contributed by atoms with Crippen LogP contribution in [0.3, 0.4) is 0 Å². The molecule has 1 atom stereocenters. The van der Waals surface area contributed by atoms with Gasteiger partial charge in [0.25, 0.3) is 0 Å². The van der Waals surface area contributed by atoms with Crippen LogP contribution >= 0.6 is 0 Å². The lowest BCUT2D eigenvalue weighted by Crippen LogP contribution is -2.43. The van der Waals surface area contributed by atoms with Gasteiger partial charge in [0.2, 0.25) is 0 Å². The maximum atomic E-state index is 13.2. The van der Waals surface area contributed by atoms with Gasteiger partial charge in [-0.1, -0.05) is 32.4 Å². The van der Waals surface area contributed by atoms with Crippen molar-refractivity contribution in [2.24, 2.45) is 5.92 Å². The van der Waals surface area contributed by atoms with Crippen molar-refractivity contribution in [3.05, 3.63) is 35.6 Å². The highest BCUT2D eigenvalue weighted by Crippen LogP contribution is 2.21. The molecule has 2 heteroatoms. The standard InChI is InChI=1S/C16H24FN/c1-13(2)16(18-9-4-3-5-10-18)12-14-7-6-8-15(17)11-14/h6-8,11,13,16H,3-5,9-10,12H2,1-2H3. The Bertz CT molecular complexity index is 369. The second-order valence-electron chi connectivity index (χ2n) is 5.74. The van der Waals surface area contributed by atoms with Crippen LogP contribution in [-0.4, -0.2) is 24.0 Å². The molecule has 1 fully saturated rings. The predicted octanol–water partition coefficient (Wildman–Crippen LogP) is 3.88. The Labute approximate surface area is 110 Å². The quantitative estimate of drug-likeness (QED) is 0.782. The van der Waals surface area contributed by atoms with Crippen molar-refractivity contribution in [2.45, 2.75) is 45.6 Å². The number of nitrogens with zero attached hydrogens (tertiary/aromatic N) is 1. The van der Waals surface area contributed by atoms with Gasteiger partial charge < -0.3 is 0 Å². The van der Waals surface area contributed by atoms with Crippen LogP contribution in [0.1, 0.15) is 38.7 Å². The van der Waals surface area contributed by atoms with E-state index in [-0.39, 0.29) is 5.82 Å². The summed E-state index contributed by atoms with van der Waals surface area (Å²) < 4.78 is 13.2. The molecule has 0 aromatic heterocycles. The largest absolute Gasteiger partial charge is 0.300 e. The lowest BCUT2D eigenvalue weighted by Gasteiger charge is -2.37. The third-order valence-corrected chi connectivity index (χ3v) is 3.96. The predicted molar refractivity (Wildman–Crippen MR) is 74.2 cm³/mol. The SMILES string of the molecule is CC(C)C(Cc1cccc(F)c1)N1CCCCC1. The van der Waals surface area contributed by atoms with E-state index in [1.807, 2.05) is 12.1 Å². The number of piperidine rings is 1. The molecule has 2 rings (SSSR count). The van der Waals surface area contributed by atoms with Crippen molar-refractivity contribution in [1.82, 2.24) is 4.90 Å². The van der Waals surface area contributed by atoms with Crippen LogP contribution in [0, 0.1) is 11.7 Å². The van der Waals surface area contributed by atoms with E-state index in [2.05, 4.69) is 18.7 Å². The molecule has 0 amide bonds. The van der Waals surface area contributed by atoms with Gasteiger partial charge >= 0.3 is 0 Å². The highest BCUT2D eigenvalue weighted by Gasteiger charge is 2.23. The summed E-state index contributed by atoms with van der Waals surface area (Å²) >= 11 is 0. The normalized spacial score (nSPS) is 19.1. The molecule has 1 saturated heterocycles. The molecule has 1 aromatic carbocycles. The van der Waals surface area contributed by atoms with Gasteiger partial charge in [0.05, 0.1) is 0 Å². The summed E-state index contributed by atoms with van der Waals surface area (Å²) in [6.07, 6.45) is 4.95. The van der Waals surface area contributed by atoms with E-state index in [1.165, 1.54) is 38.4 Å². The summed E-state index contributed by atoms with van der Waals surface area (Å²) in [6, 6.07) is 7.61. The van der Waals surface area contributed by atoms with E-state index in [9.17, 15) is 4.39 Å². The molecule has 0 bridgehead atoms. The molecule has 100 valence electrons. The molecule has 0 aliphatic carbocycles. The molecule has 0 saturated carbocycles. The Hall–Kier alpha value is -0.890. The molecule has 1 nitrogen and oxygen atoms in total. The smallest absolute Gasteiger partial charge is 0.123 e. The maximum Gasteiger partial charge on any atom is 0.123 e. The molecular formula is C16H24FN. The first-order valence-corrected chi connectivity index (χ1v) is 7.15. The summed E-state index contributed by atoms with van der Waals surface area (Å²) in [6.45, 7) is 6.97. The van der Waals surface area contributed by atoms with E-state index >= 15 is 0 Å². The minimum absolute atomic E-state index is 0.117. The Balaban J connectivity index is 2.05. The highest BCUT2D eigenvalue weighted by atomic mass is 19.1. The minimum atomic E-state index is -0.117. The topological polar surface area (TPSA) is 3.24 Å². The molecule has 0 N–H and O–H groups in total. The molecule has 1 aliphatic rings. The first-order chi connectivity index (χ1) is 8.66. The van der Waals surface area contributed by atoms with Crippen molar-refractivity contribution in [1.29, 1.82) is 0 Å². The van der Waals surface area contributed by atoms with Crippen LogP contribution in [0.4, 0.5) is 4.39 Å². The van der Waals surface area contributed by atoms with Gasteiger partial charge in [0.1, 0.15) is 5.82 Å². The average molecular weight is 249 g/mol. The zero-order valence-electron chi connectivity index (χ0n) is 11.5.